The van der Waals surface area contributed by atoms with Gasteiger partial charge in [0.1, 0.15) is 12.3 Å². The number of thiophene rings is 1. The van der Waals surface area contributed by atoms with Crippen LogP contribution in [0.15, 0.2) is 36.4 Å². The molecule has 1 saturated heterocycles. The van der Waals surface area contributed by atoms with Gasteiger partial charge < -0.3 is 9.64 Å². The SMILES string of the molecule is O=C(CN1C(=O)CCOc2ccccc21)N1CCN(Cc2ccc(Cl)s2)CC1. The zero-order valence-electron chi connectivity index (χ0n) is 15.5. The first-order chi connectivity index (χ1) is 13.6. The van der Waals surface area contributed by atoms with Crippen LogP contribution < -0.4 is 9.64 Å². The lowest BCUT2D eigenvalue weighted by molar-refractivity contribution is -0.133. The van der Waals surface area contributed by atoms with Gasteiger partial charge in [0.05, 0.1) is 23.1 Å². The van der Waals surface area contributed by atoms with E-state index in [1.54, 1.807) is 16.2 Å². The predicted molar refractivity (Wildman–Crippen MR) is 110 cm³/mol. The minimum atomic E-state index is -0.0773. The molecule has 0 spiro atoms. The van der Waals surface area contributed by atoms with E-state index in [1.165, 1.54) is 4.88 Å². The summed E-state index contributed by atoms with van der Waals surface area (Å²) in [5.41, 5.74) is 0.673. The number of carbonyl (C=O) groups excluding carboxylic acids is 2. The van der Waals surface area contributed by atoms with Crippen LogP contribution in [0.4, 0.5) is 5.69 Å². The molecule has 28 heavy (non-hydrogen) atoms. The van der Waals surface area contributed by atoms with Crippen molar-refractivity contribution in [1.29, 1.82) is 0 Å². The average Bonchev–Trinajstić information content (AvgIpc) is 3.04. The van der Waals surface area contributed by atoms with Crippen molar-refractivity contribution >= 4 is 40.4 Å². The quantitative estimate of drug-likeness (QED) is 0.764. The highest BCUT2D eigenvalue weighted by Gasteiger charge is 2.28. The number of rotatable bonds is 4. The highest BCUT2D eigenvalue weighted by molar-refractivity contribution is 7.16. The Balaban J connectivity index is 1.36. The highest BCUT2D eigenvalue weighted by atomic mass is 35.5. The lowest BCUT2D eigenvalue weighted by atomic mass is 10.2. The van der Waals surface area contributed by atoms with Gasteiger partial charge in [0, 0.05) is 37.6 Å². The average molecular weight is 420 g/mol. The molecule has 2 aliphatic heterocycles. The van der Waals surface area contributed by atoms with Crippen molar-refractivity contribution in [2.45, 2.75) is 13.0 Å². The smallest absolute Gasteiger partial charge is 0.242 e. The van der Waals surface area contributed by atoms with Crippen molar-refractivity contribution in [3.05, 3.63) is 45.6 Å². The van der Waals surface area contributed by atoms with Crippen LogP contribution >= 0.6 is 22.9 Å². The molecule has 2 aliphatic rings. The molecule has 3 heterocycles. The maximum Gasteiger partial charge on any atom is 0.242 e. The van der Waals surface area contributed by atoms with Gasteiger partial charge >= 0.3 is 0 Å². The molecule has 0 N–H and O–H groups in total. The van der Waals surface area contributed by atoms with Gasteiger partial charge in [-0.1, -0.05) is 23.7 Å². The van der Waals surface area contributed by atoms with E-state index in [4.69, 9.17) is 16.3 Å². The van der Waals surface area contributed by atoms with Gasteiger partial charge in [0.15, 0.2) is 0 Å². The molecule has 148 valence electrons. The van der Waals surface area contributed by atoms with E-state index < -0.39 is 0 Å². The summed E-state index contributed by atoms with van der Waals surface area (Å²) in [5, 5.41) is 0. The van der Waals surface area contributed by atoms with Crippen LogP contribution in [0.1, 0.15) is 11.3 Å². The first-order valence-electron chi connectivity index (χ1n) is 9.37. The Morgan fingerprint density at radius 1 is 1.11 bits per heavy atom. The summed E-state index contributed by atoms with van der Waals surface area (Å²) in [5.74, 6) is 0.552. The Hall–Kier alpha value is -2.09. The van der Waals surface area contributed by atoms with Crippen LogP contribution in [0.5, 0.6) is 5.75 Å². The van der Waals surface area contributed by atoms with Gasteiger partial charge in [-0.05, 0) is 24.3 Å². The van der Waals surface area contributed by atoms with Crippen molar-refractivity contribution in [2.24, 2.45) is 0 Å². The van der Waals surface area contributed by atoms with Crippen LogP contribution in [0.3, 0.4) is 0 Å². The maximum atomic E-state index is 12.9. The number of benzene rings is 1. The van der Waals surface area contributed by atoms with Gasteiger partial charge in [0.2, 0.25) is 11.8 Å². The third-order valence-electron chi connectivity index (χ3n) is 5.06. The number of piperazine rings is 1. The van der Waals surface area contributed by atoms with Crippen LogP contribution in [0, 0.1) is 0 Å². The fourth-order valence-electron chi connectivity index (χ4n) is 3.54. The summed E-state index contributed by atoms with van der Waals surface area (Å²) in [6.07, 6.45) is 0.277. The number of carbonyl (C=O) groups is 2. The molecule has 4 rings (SSSR count). The molecule has 2 aromatic rings. The largest absolute Gasteiger partial charge is 0.491 e. The van der Waals surface area contributed by atoms with Gasteiger partial charge in [-0.3, -0.25) is 19.4 Å². The number of ether oxygens (including phenoxy) is 1. The summed E-state index contributed by atoms with van der Waals surface area (Å²) >= 11 is 7.60. The molecule has 0 unspecified atom stereocenters. The van der Waals surface area contributed by atoms with E-state index >= 15 is 0 Å². The Kier molecular flexibility index (Phi) is 5.85. The first-order valence-corrected chi connectivity index (χ1v) is 10.6. The Bertz CT molecular complexity index is 864. The van der Waals surface area contributed by atoms with E-state index in [0.29, 0.717) is 31.1 Å². The third-order valence-corrected chi connectivity index (χ3v) is 6.27. The fraction of sp³-hybridized carbons (Fsp3) is 0.400. The molecule has 0 aliphatic carbocycles. The van der Waals surface area contributed by atoms with Gasteiger partial charge in [0.25, 0.3) is 0 Å². The van der Waals surface area contributed by atoms with E-state index in [0.717, 1.165) is 24.0 Å². The molecule has 2 amide bonds. The van der Waals surface area contributed by atoms with E-state index in [-0.39, 0.29) is 24.8 Å². The second-order valence-electron chi connectivity index (χ2n) is 6.91. The monoisotopic (exact) mass is 419 g/mol. The second kappa shape index (κ2) is 8.51. The van der Waals surface area contributed by atoms with E-state index in [2.05, 4.69) is 11.0 Å². The van der Waals surface area contributed by atoms with Crippen LogP contribution in [-0.4, -0.2) is 60.9 Å². The molecular weight excluding hydrogens is 398 g/mol. The van der Waals surface area contributed by atoms with E-state index in [9.17, 15) is 9.59 Å². The van der Waals surface area contributed by atoms with Crippen molar-refractivity contribution < 1.29 is 14.3 Å². The zero-order chi connectivity index (χ0) is 19.5. The third kappa shape index (κ3) is 4.32. The fourth-order valence-corrected chi connectivity index (χ4v) is 4.67. The standard InChI is InChI=1S/C20H22ClN3O3S/c21-18-6-5-15(28-18)13-22-8-10-23(11-9-22)20(26)14-24-16-3-1-2-4-17(16)27-12-7-19(24)25/h1-6H,7-14H2. The summed E-state index contributed by atoms with van der Waals surface area (Å²) < 4.78 is 6.45. The number of halogens is 1. The molecular formula is C20H22ClN3O3S. The predicted octanol–water partition coefficient (Wildman–Crippen LogP) is 2.86. The number of hydrogen-bond acceptors (Lipinski definition) is 5. The second-order valence-corrected chi connectivity index (χ2v) is 8.71. The Morgan fingerprint density at radius 2 is 1.89 bits per heavy atom. The van der Waals surface area contributed by atoms with E-state index in [1.807, 2.05) is 35.2 Å². The number of nitrogens with zero attached hydrogens (tertiary/aromatic N) is 3. The van der Waals surface area contributed by atoms with Gasteiger partial charge in [-0.15, -0.1) is 11.3 Å². The minimum Gasteiger partial charge on any atom is -0.491 e. The Morgan fingerprint density at radius 3 is 2.64 bits per heavy atom. The van der Waals surface area contributed by atoms with Crippen molar-refractivity contribution in [3.63, 3.8) is 0 Å². The molecule has 0 atom stereocenters. The topological polar surface area (TPSA) is 53.1 Å². The number of amides is 2. The summed E-state index contributed by atoms with van der Waals surface area (Å²) in [6.45, 7) is 4.21. The van der Waals surface area contributed by atoms with Crippen LogP contribution in [-0.2, 0) is 16.1 Å². The van der Waals surface area contributed by atoms with Crippen LogP contribution in [0.2, 0.25) is 4.34 Å². The summed E-state index contributed by atoms with van der Waals surface area (Å²) in [7, 11) is 0. The molecule has 6 nitrogen and oxygen atoms in total. The molecule has 1 aromatic carbocycles. The normalized spacial score (nSPS) is 17.8. The van der Waals surface area contributed by atoms with Crippen molar-refractivity contribution in [2.75, 3.05) is 44.2 Å². The van der Waals surface area contributed by atoms with Crippen molar-refractivity contribution in [3.8, 4) is 5.75 Å². The summed E-state index contributed by atoms with van der Waals surface area (Å²) in [6, 6.07) is 11.4. The number of anilines is 1. The molecule has 8 heteroatoms. The lowest BCUT2D eigenvalue weighted by Gasteiger charge is -2.35. The lowest BCUT2D eigenvalue weighted by Crippen LogP contribution is -2.51. The number of para-hydroxylation sites is 2. The molecule has 1 fully saturated rings. The molecule has 0 bridgehead atoms. The summed E-state index contributed by atoms with van der Waals surface area (Å²) in [4.78, 5) is 32.3. The molecule has 0 saturated carbocycles. The first kappa shape index (κ1) is 19.2. The van der Waals surface area contributed by atoms with Gasteiger partial charge in [-0.2, -0.15) is 0 Å². The highest BCUT2D eigenvalue weighted by Crippen LogP contribution is 2.31. The van der Waals surface area contributed by atoms with Crippen LogP contribution in [0.25, 0.3) is 0 Å². The Labute approximate surface area is 173 Å². The molecule has 0 radical (unpaired) electrons. The maximum absolute atomic E-state index is 12.9. The number of fused-ring (bicyclic) bond motifs is 1. The van der Waals surface area contributed by atoms with Crippen molar-refractivity contribution in [1.82, 2.24) is 9.80 Å². The minimum absolute atomic E-state index is 0.0242. The van der Waals surface area contributed by atoms with Gasteiger partial charge in [-0.25, -0.2) is 0 Å². The number of hydrogen-bond donors (Lipinski definition) is 0. The zero-order valence-corrected chi connectivity index (χ0v) is 17.0. The molecule has 1 aromatic heterocycles.